The van der Waals surface area contributed by atoms with Crippen molar-refractivity contribution in [2.75, 3.05) is 38.2 Å². The van der Waals surface area contributed by atoms with Crippen molar-refractivity contribution in [2.24, 2.45) is 0 Å². The van der Waals surface area contributed by atoms with E-state index in [0.29, 0.717) is 31.0 Å². The van der Waals surface area contributed by atoms with Crippen molar-refractivity contribution in [3.8, 4) is 0 Å². The second-order valence-corrected chi connectivity index (χ2v) is 7.27. The van der Waals surface area contributed by atoms with Gasteiger partial charge in [0.2, 0.25) is 5.78 Å². The summed E-state index contributed by atoms with van der Waals surface area (Å²) in [5.41, 5.74) is 1.33. The number of anilines is 1. The van der Waals surface area contributed by atoms with Gasteiger partial charge >= 0.3 is 5.97 Å². The number of nitrogens with one attached hydrogen (secondary N) is 1. The summed E-state index contributed by atoms with van der Waals surface area (Å²) in [5, 5.41) is 12.4. The molecule has 8 heteroatoms. The van der Waals surface area contributed by atoms with E-state index >= 15 is 0 Å². The maximum atomic E-state index is 14.6. The van der Waals surface area contributed by atoms with Crippen molar-refractivity contribution in [3.05, 3.63) is 76.7 Å². The lowest BCUT2D eigenvalue weighted by atomic mass is 10.0. The van der Waals surface area contributed by atoms with E-state index < -0.39 is 17.6 Å². The van der Waals surface area contributed by atoms with Crippen molar-refractivity contribution < 1.29 is 28.6 Å². The van der Waals surface area contributed by atoms with E-state index in [1.54, 1.807) is 37.3 Å². The first kappa shape index (κ1) is 23.6. The van der Waals surface area contributed by atoms with Gasteiger partial charge in [-0.3, -0.25) is 9.69 Å². The van der Waals surface area contributed by atoms with Crippen molar-refractivity contribution in [1.29, 1.82) is 0 Å². The van der Waals surface area contributed by atoms with Crippen LogP contribution in [0, 0.1) is 5.82 Å². The number of hydrogen-bond acceptors (Lipinski definition) is 7. The minimum atomic E-state index is -0.857. The van der Waals surface area contributed by atoms with Crippen LogP contribution in [0.1, 0.15) is 28.4 Å². The molecule has 0 saturated carbocycles. The SMILES string of the molecule is CCOC(=O)/C(=C\Nc1ccccc1CO)C(=O)c1cc(CN2CCOCC2)ccc1F. The lowest BCUT2D eigenvalue weighted by molar-refractivity contribution is -0.138. The van der Waals surface area contributed by atoms with Crippen LogP contribution in [0.3, 0.4) is 0 Å². The Balaban J connectivity index is 1.88. The van der Waals surface area contributed by atoms with E-state index in [2.05, 4.69) is 10.2 Å². The molecule has 0 aliphatic carbocycles. The Hall–Kier alpha value is -3.07. The van der Waals surface area contributed by atoms with Crippen molar-refractivity contribution in [2.45, 2.75) is 20.1 Å². The van der Waals surface area contributed by atoms with Gasteiger partial charge in [0.25, 0.3) is 0 Å². The minimum absolute atomic E-state index is 0.0657. The molecular formula is C24H27FN2O5. The lowest BCUT2D eigenvalue weighted by Gasteiger charge is -2.26. The molecule has 7 nitrogen and oxygen atoms in total. The Morgan fingerprint density at radius 1 is 1.22 bits per heavy atom. The number of aliphatic hydroxyl groups excluding tert-OH is 1. The number of hydrogen-bond donors (Lipinski definition) is 2. The Kier molecular flexibility index (Phi) is 8.49. The van der Waals surface area contributed by atoms with Crippen molar-refractivity contribution in [3.63, 3.8) is 0 Å². The van der Waals surface area contributed by atoms with Crippen molar-refractivity contribution >= 4 is 17.4 Å². The number of carbonyl (C=O) groups excluding carboxylic acids is 2. The predicted octanol–water partition coefficient (Wildman–Crippen LogP) is 2.89. The Morgan fingerprint density at radius 2 is 1.97 bits per heavy atom. The number of morpholine rings is 1. The maximum Gasteiger partial charge on any atom is 0.343 e. The molecule has 2 aromatic carbocycles. The molecule has 32 heavy (non-hydrogen) atoms. The van der Waals surface area contributed by atoms with Gasteiger partial charge in [-0.1, -0.05) is 24.3 Å². The molecule has 2 aromatic rings. The van der Waals surface area contributed by atoms with Crippen LogP contribution in [0.25, 0.3) is 0 Å². The maximum absolute atomic E-state index is 14.6. The van der Waals surface area contributed by atoms with Crippen LogP contribution in [0.4, 0.5) is 10.1 Å². The first-order valence-corrected chi connectivity index (χ1v) is 10.5. The summed E-state index contributed by atoms with van der Waals surface area (Å²) < 4.78 is 25.0. The minimum Gasteiger partial charge on any atom is -0.462 e. The number of para-hydroxylation sites is 1. The first-order chi connectivity index (χ1) is 15.5. The zero-order valence-corrected chi connectivity index (χ0v) is 18.0. The molecule has 1 aliphatic rings. The summed E-state index contributed by atoms with van der Waals surface area (Å²) in [6.45, 7) is 4.77. The highest BCUT2D eigenvalue weighted by Gasteiger charge is 2.25. The van der Waals surface area contributed by atoms with E-state index in [-0.39, 0.29) is 24.4 Å². The van der Waals surface area contributed by atoms with Crippen molar-refractivity contribution in [1.82, 2.24) is 4.90 Å². The number of nitrogens with zero attached hydrogens (tertiary/aromatic N) is 1. The van der Waals surface area contributed by atoms with Crippen LogP contribution < -0.4 is 5.32 Å². The van der Waals surface area contributed by atoms with Gasteiger partial charge in [0.1, 0.15) is 11.4 Å². The predicted molar refractivity (Wildman–Crippen MR) is 118 cm³/mol. The highest BCUT2D eigenvalue weighted by Crippen LogP contribution is 2.20. The molecule has 1 heterocycles. The number of aliphatic hydroxyl groups is 1. The third kappa shape index (κ3) is 6.00. The number of Topliss-reactive ketones (excluding diaryl/α,β-unsaturated/α-hetero) is 1. The molecule has 0 spiro atoms. The average Bonchev–Trinajstić information content (AvgIpc) is 2.81. The molecule has 0 radical (unpaired) electrons. The highest BCUT2D eigenvalue weighted by atomic mass is 19.1. The topological polar surface area (TPSA) is 88.1 Å². The Morgan fingerprint density at radius 3 is 2.69 bits per heavy atom. The monoisotopic (exact) mass is 442 g/mol. The fourth-order valence-corrected chi connectivity index (χ4v) is 3.38. The number of halogens is 1. The van der Waals surface area contributed by atoms with Crippen LogP contribution in [0.2, 0.25) is 0 Å². The number of ether oxygens (including phenoxy) is 2. The fourth-order valence-electron chi connectivity index (χ4n) is 3.38. The number of ketones is 1. The van der Waals surface area contributed by atoms with Gasteiger partial charge in [-0.2, -0.15) is 0 Å². The summed E-state index contributed by atoms with van der Waals surface area (Å²) in [6, 6.07) is 11.2. The molecule has 1 fully saturated rings. The van der Waals surface area contributed by atoms with Gasteiger partial charge in [0.15, 0.2) is 0 Å². The molecule has 1 aliphatic heterocycles. The molecule has 0 aromatic heterocycles. The van der Waals surface area contributed by atoms with Gasteiger partial charge in [-0.05, 0) is 30.7 Å². The zero-order chi connectivity index (χ0) is 22.9. The third-order valence-corrected chi connectivity index (χ3v) is 5.08. The van der Waals surface area contributed by atoms with Crippen LogP contribution in [-0.4, -0.2) is 54.7 Å². The quantitative estimate of drug-likeness (QED) is 0.203. The summed E-state index contributed by atoms with van der Waals surface area (Å²) in [6.07, 6.45) is 1.20. The van der Waals surface area contributed by atoms with E-state index in [0.717, 1.165) is 18.7 Å². The van der Waals surface area contributed by atoms with E-state index in [4.69, 9.17) is 9.47 Å². The number of rotatable bonds is 9. The molecule has 2 N–H and O–H groups in total. The highest BCUT2D eigenvalue weighted by molar-refractivity contribution is 6.24. The lowest BCUT2D eigenvalue weighted by Crippen LogP contribution is -2.35. The molecule has 3 rings (SSSR count). The van der Waals surface area contributed by atoms with E-state index in [9.17, 15) is 19.1 Å². The van der Waals surface area contributed by atoms with Crippen LogP contribution in [-0.2, 0) is 27.4 Å². The summed E-state index contributed by atoms with van der Waals surface area (Å²) >= 11 is 0. The first-order valence-electron chi connectivity index (χ1n) is 10.5. The summed E-state index contributed by atoms with van der Waals surface area (Å²) in [5.74, 6) is -2.35. The third-order valence-electron chi connectivity index (χ3n) is 5.08. The van der Waals surface area contributed by atoms with Crippen LogP contribution in [0.5, 0.6) is 0 Å². The average molecular weight is 442 g/mol. The molecular weight excluding hydrogens is 415 g/mol. The van der Waals surface area contributed by atoms with Gasteiger partial charge in [0, 0.05) is 37.1 Å². The Bertz CT molecular complexity index is 986. The number of benzene rings is 2. The van der Waals surface area contributed by atoms with Crippen LogP contribution in [0.15, 0.2) is 54.2 Å². The number of esters is 1. The largest absolute Gasteiger partial charge is 0.462 e. The zero-order valence-electron chi connectivity index (χ0n) is 18.0. The van der Waals surface area contributed by atoms with Gasteiger partial charge < -0.3 is 19.9 Å². The van der Waals surface area contributed by atoms with Gasteiger partial charge in [-0.25, -0.2) is 9.18 Å². The molecule has 0 unspecified atom stereocenters. The smallest absolute Gasteiger partial charge is 0.343 e. The van der Waals surface area contributed by atoms with E-state index in [1.165, 1.54) is 18.3 Å². The summed E-state index contributed by atoms with van der Waals surface area (Å²) in [7, 11) is 0. The molecule has 1 saturated heterocycles. The van der Waals surface area contributed by atoms with Gasteiger partial charge in [0.05, 0.1) is 32.0 Å². The van der Waals surface area contributed by atoms with E-state index in [1.807, 2.05) is 0 Å². The Labute approximate surface area is 186 Å². The molecule has 170 valence electrons. The second-order valence-electron chi connectivity index (χ2n) is 7.27. The molecule has 0 atom stereocenters. The fraction of sp³-hybridized carbons (Fsp3) is 0.333. The summed E-state index contributed by atoms with van der Waals surface area (Å²) in [4.78, 5) is 27.8. The molecule has 0 amide bonds. The van der Waals surface area contributed by atoms with Gasteiger partial charge in [-0.15, -0.1) is 0 Å². The second kappa shape index (κ2) is 11.5. The normalized spacial score (nSPS) is 14.8. The van der Waals surface area contributed by atoms with Crippen LogP contribution >= 0.6 is 0 Å². The standard InChI is InChI=1S/C24H27FN2O5/c1-2-32-24(30)20(14-26-22-6-4-3-5-18(22)16-28)23(29)19-13-17(7-8-21(19)25)15-27-9-11-31-12-10-27/h3-8,13-14,26,28H,2,9-12,15-16H2,1H3/b20-14-. The number of carbonyl (C=O) groups is 2. The molecule has 0 bridgehead atoms.